The SMILES string of the molecule is Cc1cc(S(=O)(=O)CC(=O)NC(C)(C)C)ccc1N. The number of nitrogens with one attached hydrogen (secondary N) is 1. The average Bonchev–Trinajstić information content (AvgIpc) is 2.17. The number of rotatable bonds is 3. The number of carbonyl (C=O) groups excluding carboxylic acids is 1. The van der Waals surface area contributed by atoms with Crippen molar-refractivity contribution in [3.05, 3.63) is 23.8 Å². The number of aryl methyl sites for hydroxylation is 1. The highest BCUT2D eigenvalue weighted by atomic mass is 32.2. The normalized spacial score (nSPS) is 12.2. The van der Waals surface area contributed by atoms with Gasteiger partial charge in [0.1, 0.15) is 5.75 Å². The van der Waals surface area contributed by atoms with Gasteiger partial charge in [0.05, 0.1) is 4.90 Å². The van der Waals surface area contributed by atoms with E-state index in [0.29, 0.717) is 11.3 Å². The first-order chi connectivity index (χ1) is 8.51. The van der Waals surface area contributed by atoms with E-state index in [1.807, 2.05) is 0 Å². The van der Waals surface area contributed by atoms with Gasteiger partial charge in [-0.15, -0.1) is 0 Å². The van der Waals surface area contributed by atoms with E-state index in [2.05, 4.69) is 5.32 Å². The summed E-state index contributed by atoms with van der Waals surface area (Å²) in [7, 11) is -3.64. The third-order valence-corrected chi connectivity index (χ3v) is 4.05. The van der Waals surface area contributed by atoms with E-state index in [1.54, 1.807) is 27.7 Å². The van der Waals surface area contributed by atoms with Crippen LogP contribution in [0.4, 0.5) is 5.69 Å². The van der Waals surface area contributed by atoms with Gasteiger partial charge in [0, 0.05) is 11.2 Å². The van der Waals surface area contributed by atoms with E-state index in [1.165, 1.54) is 18.2 Å². The highest BCUT2D eigenvalue weighted by molar-refractivity contribution is 7.92. The van der Waals surface area contributed by atoms with Crippen LogP contribution in [0.3, 0.4) is 0 Å². The Kier molecular flexibility index (Phi) is 4.25. The minimum absolute atomic E-state index is 0.114. The van der Waals surface area contributed by atoms with Gasteiger partial charge in [-0.25, -0.2) is 8.42 Å². The quantitative estimate of drug-likeness (QED) is 0.818. The maximum absolute atomic E-state index is 12.1. The summed E-state index contributed by atoms with van der Waals surface area (Å²) in [6.45, 7) is 7.12. The maximum Gasteiger partial charge on any atom is 0.235 e. The molecule has 19 heavy (non-hydrogen) atoms. The molecule has 6 heteroatoms. The van der Waals surface area contributed by atoms with Crippen LogP contribution in [0.2, 0.25) is 0 Å². The second-order valence-corrected chi connectivity index (χ2v) is 7.57. The topological polar surface area (TPSA) is 89.3 Å². The van der Waals surface area contributed by atoms with Crippen LogP contribution in [0.1, 0.15) is 26.3 Å². The molecular formula is C13H20N2O3S. The second-order valence-electron chi connectivity index (χ2n) is 5.58. The summed E-state index contributed by atoms with van der Waals surface area (Å²) in [4.78, 5) is 11.8. The molecule has 0 aliphatic rings. The standard InChI is InChI=1S/C13H20N2O3S/c1-9-7-10(5-6-11(9)14)19(17,18)8-12(16)15-13(2,3)4/h5-7H,8,14H2,1-4H3,(H,15,16). The van der Waals surface area contributed by atoms with Crippen molar-refractivity contribution in [2.45, 2.75) is 38.1 Å². The third kappa shape index (κ3) is 4.55. The molecule has 0 saturated carbocycles. The molecule has 0 aromatic heterocycles. The van der Waals surface area contributed by atoms with Crippen LogP contribution in [0.5, 0.6) is 0 Å². The van der Waals surface area contributed by atoms with Crippen LogP contribution < -0.4 is 11.1 Å². The lowest BCUT2D eigenvalue weighted by Gasteiger charge is -2.20. The lowest BCUT2D eigenvalue weighted by Crippen LogP contribution is -2.43. The van der Waals surface area contributed by atoms with Crippen molar-refractivity contribution < 1.29 is 13.2 Å². The lowest BCUT2D eigenvalue weighted by molar-refractivity contribution is -0.120. The molecule has 0 radical (unpaired) electrons. The van der Waals surface area contributed by atoms with Crippen molar-refractivity contribution in [1.82, 2.24) is 5.32 Å². The molecule has 0 bridgehead atoms. The number of sulfone groups is 1. The molecule has 5 nitrogen and oxygen atoms in total. The fourth-order valence-corrected chi connectivity index (χ4v) is 2.77. The monoisotopic (exact) mass is 284 g/mol. The molecule has 0 aliphatic carbocycles. The molecule has 1 amide bonds. The molecule has 1 aromatic rings. The predicted molar refractivity (Wildman–Crippen MR) is 75.5 cm³/mol. The first-order valence-electron chi connectivity index (χ1n) is 5.91. The van der Waals surface area contributed by atoms with Crippen LogP contribution in [0.25, 0.3) is 0 Å². The highest BCUT2D eigenvalue weighted by Gasteiger charge is 2.22. The van der Waals surface area contributed by atoms with Crippen LogP contribution in [-0.2, 0) is 14.6 Å². The number of hydrogen-bond acceptors (Lipinski definition) is 4. The number of benzene rings is 1. The zero-order valence-electron chi connectivity index (χ0n) is 11.6. The fourth-order valence-electron chi connectivity index (χ4n) is 1.55. The number of amides is 1. The van der Waals surface area contributed by atoms with E-state index >= 15 is 0 Å². The van der Waals surface area contributed by atoms with E-state index in [9.17, 15) is 13.2 Å². The molecule has 1 aromatic carbocycles. The summed E-state index contributed by atoms with van der Waals surface area (Å²) in [5, 5.41) is 2.63. The first kappa shape index (κ1) is 15.5. The van der Waals surface area contributed by atoms with Crippen LogP contribution in [0.15, 0.2) is 23.1 Å². The second kappa shape index (κ2) is 5.21. The van der Waals surface area contributed by atoms with Gasteiger partial charge >= 0.3 is 0 Å². The summed E-state index contributed by atoms with van der Waals surface area (Å²) < 4.78 is 24.2. The van der Waals surface area contributed by atoms with Gasteiger partial charge in [0.2, 0.25) is 5.91 Å². The number of carbonyl (C=O) groups is 1. The number of nitrogens with two attached hydrogens (primary N) is 1. The van der Waals surface area contributed by atoms with Gasteiger partial charge in [-0.3, -0.25) is 4.79 Å². The van der Waals surface area contributed by atoms with Crippen molar-refractivity contribution >= 4 is 21.4 Å². The molecule has 0 fully saturated rings. The highest BCUT2D eigenvalue weighted by Crippen LogP contribution is 2.18. The summed E-state index contributed by atoms with van der Waals surface area (Å²) in [5.41, 5.74) is 6.39. The summed E-state index contributed by atoms with van der Waals surface area (Å²) in [6.07, 6.45) is 0. The van der Waals surface area contributed by atoms with Gasteiger partial charge in [0.15, 0.2) is 9.84 Å². The van der Waals surface area contributed by atoms with Crippen molar-refractivity contribution in [2.75, 3.05) is 11.5 Å². The molecule has 3 N–H and O–H groups in total. The third-order valence-electron chi connectivity index (χ3n) is 2.44. The van der Waals surface area contributed by atoms with Gasteiger partial charge in [0.25, 0.3) is 0 Å². The largest absolute Gasteiger partial charge is 0.399 e. The molecule has 0 unspecified atom stereocenters. The Balaban J connectivity index is 2.93. The Morgan fingerprint density at radius 1 is 1.32 bits per heavy atom. The molecule has 0 aliphatic heterocycles. The van der Waals surface area contributed by atoms with Crippen molar-refractivity contribution in [1.29, 1.82) is 0 Å². The summed E-state index contributed by atoms with van der Waals surface area (Å²) in [5.74, 6) is -1.07. The Labute approximate surface area is 114 Å². The maximum atomic E-state index is 12.1. The van der Waals surface area contributed by atoms with Gasteiger partial charge in [-0.2, -0.15) is 0 Å². The van der Waals surface area contributed by atoms with Crippen LogP contribution >= 0.6 is 0 Å². The zero-order chi connectivity index (χ0) is 14.8. The predicted octanol–water partition coefficient (Wildman–Crippen LogP) is 1.27. The Bertz CT molecular complexity index is 586. The molecule has 106 valence electrons. The number of nitrogen functional groups attached to an aromatic ring is 1. The number of anilines is 1. The molecule has 0 spiro atoms. The van der Waals surface area contributed by atoms with Crippen molar-refractivity contribution in [2.24, 2.45) is 0 Å². The lowest BCUT2D eigenvalue weighted by atomic mass is 10.1. The van der Waals surface area contributed by atoms with E-state index in [4.69, 9.17) is 5.73 Å². The average molecular weight is 284 g/mol. The van der Waals surface area contributed by atoms with E-state index in [-0.39, 0.29) is 4.90 Å². The zero-order valence-corrected chi connectivity index (χ0v) is 12.5. The molecular weight excluding hydrogens is 264 g/mol. The molecule has 1 rings (SSSR count). The Morgan fingerprint density at radius 3 is 2.37 bits per heavy atom. The first-order valence-corrected chi connectivity index (χ1v) is 7.56. The van der Waals surface area contributed by atoms with Crippen molar-refractivity contribution in [3.8, 4) is 0 Å². The molecule has 0 saturated heterocycles. The Hall–Kier alpha value is -1.56. The number of hydrogen-bond donors (Lipinski definition) is 2. The minimum Gasteiger partial charge on any atom is -0.399 e. The van der Waals surface area contributed by atoms with Crippen molar-refractivity contribution in [3.63, 3.8) is 0 Å². The fraction of sp³-hybridized carbons (Fsp3) is 0.462. The minimum atomic E-state index is -3.64. The summed E-state index contributed by atoms with van der Waals surface area (Å²) >= 11 is 0. The smallest absolute Gasteiger partial charge is 0.235 e. The summed E-state index contributed by atoms with van der Waals surface area (Å²) in [6, 6.07) is 4.43. The van der Waals surface area contributed by atoms with Gasteiger partial charge in [-0.05, 0) is 51.5 Å². The van der Waals surface area contributed by atoms with Crippen LogP contribution in [0, 0.1) is 6.92 Å². The molecule has 0 atom stereocenters. The molecule has 0 heterocycles. The Morgan fingerprint density at radius 2 is 1.89 bits per heavy atom. The van der Waals surface area contributed by atoms with Gasteiger partial charge in [-0.1, -0.05) is 0 Å². The van der Waals surface area contributed by atoms with E-state index < -0.39 is 27.0 Å². The van der Waals surface area contributed by atoms with E-state index in [0.717, 1.165) is 0 Å². The van der Waals surface area contributed by atoms with Gasteiger partial charge < -0.3 is 11.1 Å². The van der Waals surface area contributed by atoms with Crippen LogP contribution in [-0.4, -0.2) is 25.6 Å².